The minimum Gasteiger partial charge on any atom is -0.356 e. The van der Waals surface area contributed by atoms with Crippen LogP contribution in [0.25, 0.3) is 11.3 Å². The zero-order valence-corrected chi connectivity index (χ0v) is 17.5. The fourth-order valence-electron chi connectivity index (χ4n) is 2.67. The highest BCUT2D eigenvalue weighted by atomic mass is 35.5. The first-order chi connectivity index (χ1) is 13.3. The van der Waals surface area contributed by atoms with Crippen LogP contribution in [0.15, 0.2) is 41.1 Å². The third-order valence-electron chi connectivity index (χ3n) is 4.20. The van der Waals surface area contributed by atoms with E-state index >= 15 is 0 Å². The number of hydrogen-bond acceptors (Lipinski definition) is 5. The summed E-state index contributed by atoms with van der Waals surface area (Å²) < 4.78 is 5.19. The minimum absolute atomic E-state index is 0.0812. The van der Waals surface area contributed by atoms with E-state index in [0.29, 0.717) is 11.4 Å². The van der Waals surface area contributed by atoms with Gasteiger partial charge in [-0.3, -0.25) is 9.59 Å². The standard InChI is InChI=1S/C19H24Cl2N4O3/c1-12(2)15(24-17(26)10-22-3)11-25(19(27)18(20)21)14-6-4-5-13(9-14)16-7-8-23-28-16/h4-9,12,15,18,22H,10-11H2,1-3H3,(H,24,26). The van der Waals surface area contributed by atoms with E-state index in [4.69, 9.17) is 27.7 Å². The topological polar surface area (TPSA) is 87.5 Å². The zero-order valence-electron chi connectivity index (χ0n) is 16.0. The molecule has 9 heteroatoms. The van der Waals surface area contributed by atoms with Gasteiger partial charge in [-0.2, -0.15) is 0 Å². The molecule has 0 saturated carbocycles. The van der Waals surface area contributed by atoms with Gasteiger partial charge in [0.2, 0.25) is 5.91 Å². The van der Waals surface area contributed by atoms with E-state index < -0.39 is 10.7 Å². The molecule has 7 nitrogen and oxygen atoms in total. The molecule has 2 aromatic rings. The van der Waals surface area contributed by atoms with E-state index in [1.54, 1.807) is 37.5 Å². The second-order valence-electron chi connectivity index (χ2n) is 6.62. The molecule has 1 heterocycles. The van der Waals surface area contributed by atoms with Crippen LogP contribution in [0.3, 0.4) is 0 Å². The van der Waals surface area contributed by atoms with Crippen LogP contribution in [0.5, 0.6) is 0 Å². The van der Waals surface area contributed by atoms with E-state index in [0.717, 1.165) is 5.56 Å². The molecule has 0 fully saturated rings. The summed E-state index contributed by atoms with van der Waals surface area (Å²) in [5.41, 5.74) is 1.35. The van der Waals surface area contributed by atoms with Crippen molar-refractivity contribution in [3.05, 3.63) is 36.5 Å². The highest BCUT2D eigenvalue weighted by molar-refractivity contribution is 6.54. The summed E-state index contributed by atoms with van der Waals surface area (Å²) in [6.45, 7) is 4.35. The molecule has 28 heavy (non-hydrogen) atoms. The molecular formula is C19H24Cl2N4O3. The largest absolute Gasteiger partial charge is 0.356 e. The van der Waals surface area contributed by atoms with Gasteiger partial charge in [0.25, 0.3) is 5.91 Å². The smallest absolute Gasteiger partial charge is 0.260 e. The van der Waals surface area contributed by atoms with Crippen molar-refractivity contribution in [2.75, 3.05) is 25.0 Å². The lowest BCUT2D eigenvalue weighted by atomic mass is 10.0. The number of benzene rings is 1. The molecule has 2 rings (SSSR count). The van der Waals surface area contributed by atoms with Crippen LogP contribution >= 0.6 is 23.2 Å². The van der Waals surface area contributed by atoms with E-state index in [9.17, 15) is 9.59 Å². The Bertz CT molecular complexity index is 781. The van der Waals surface area contributed by atoms with Crippen LogP contribution in [-0.2, 0) is 9.59 Å². The molecule has 0 aliphatic carbocycles. The van der Waals surface area contributed by atoms with Gasteiger partial charge in [0, 0.05) is 29.9 Å². The van der Waals surface area contributed by atoms with Crippen molar-refractivity contribution in [3.63, 3.8) is 0 Å². The maximum atomic E-state index is 12.7. The minimum atomic E-state index is -1.23. The molecule has 0 bridgehead atoms. The Morgan fingerprint density at radius 2 is 2.00 bits per heavy atom. The van der Waals surface area contributed by atoms with Crippen molar-refractivity contribution >= 4 is 40.7 Å². The Balaban J connectivity index is 2.32. The fraction of sp³-hybridized carbons (Fsp3) is 0.421. The Kier molecular flexibility index (Phi) is 8.29. The Morgan fingerprint density at radius 1 is 1.25 bits per heavy atom. The number of carbonyl (C=O) groups excluding carboxylic acids is 2. The number of nitrogens with one attached hydrogen (secondary N) is 2. The molecule has 0 saturated heterocycles. The van der Waals surface area contributed by atoms with Crippen LogP contribution in [0, 0.1) is 5.92 Å². The molecule has 0 aliphatic heterocycles. The van der Waals surface area contributed by atoms with Crippen LogP contribution in [0.1, 0.15) is 13.8 Å². The van der Waals surface area contributed by atoms with Crippen LogP contribution < -0.4 is 15.5 Å². The van der Waals surface area contributed by atoms with Gasteiger partial charge in [-0.15, -0.1) is 0 Å². The van der Waals surface area contributed by atoms with Gasteiger partial charge < -0.3 is 20.1 Å². The first kappa shape index (κ1) is 22.2. The molecular weight excluding hydrogens is 403 g/mol. The van der Waals surface area contributed by atoms with Crippen molar-refractivity contribution < 1.29 is 14.1 Å². The molecule has 1 atom stereocenters. The van der Waals surface area contributed by atoms with Gasteiger partial charge in [-0.05, 0) is 25.1 Å². The predicted octanol–water partition coefficient (Wildman–Crippen LogP) is 2.84. The first-order valence-corrected chi connectivity index (χ1v) is 9.75. The lowest BCUT2D eigenvalue weighted by Crippen LogP contribution is -2.51. The van der Waals surface area contributed by atoms with Crippen molar-refractivity contribution in [1.29, 1.82) is 0 Å². The second-order valence-corrected chi connectivity index (χ2v) is 7.72. The highest BCUT2D eigenvalue weighted by Gasteiger charge is 2.27. The van der Waals surface area contributed by atoms with E-state index in [2.05, 4.69) is 15.8 Å². The molecule has 2 N–H and O–H groups in total. The summed E-state index contributed by atoms with van der Waals surface area (Å²) in [4.78, 5) is 25.0. The summed E-state index contributed by atoms with van der Waals surface area (Å²) in [5.74, 6) is 0.0341. The zero-order chi connectivity index (χ0) is 20.7. The quantitative estimate of drug-likeness (QED) is 0.601. The third kappa shape index (κ3) is 5.95. The lowest BCUT2D eigenvalue weighted by molar-refractivity contribution is -0.121. The second kappa shape index (κ2) is 10.5. The van der Waals surface area contributed by atoms with Crippen LogP contribution in [-0.4, -0.2) is 48.0 Å². The molecule has 0 aliphatic rings. The highest BCUT2D eigenvalue weighted by Crippen LogP contribution is 2.26. The lowest BCUT2D eigenvalue weighted by Gasteiger charge is -2.31. The number of likely N-dealkylation sites (N-methyl/N-ethyl adjacent to an activating group) is 1. The summed E-state index contributed by atoms with van der Waals surface area (Å²) in [5, 5.41) is 9.46. The number of nitrogens with zero attached hydrogens (tertiary/aromatic N) is 2. The maximum Gasteiger partial charge on any atom is 0.260 e. The van der Waals surface area contributed by atoms with E-state index in [1.165, 1.54) is 4.90 Å². The monoisotopic (exact) mass is 426 g/mol. The summed E-state index contributed by atoms with van der Waals surface area (Å²) in [7, 11) is 1.69. The SMILES string of the molecule is CNCC(=O)NC(CN(C(=O)C(Cl)Cl)c1cccc(-c2ccno2)c1)C(C)C. The molecule has 2 amide bonds. The number of hydrogen-bond donors (Lipinski definition) is 2. The molecule has 0 spiro atoms. The molecule has 0 radical (unpaired) electrons. The number of aromatic nitrogens is 1. The number of anilines is 1. The average Bonchev–Trinajstić information content (AvgIpc) is 3.19. The Morgan fingerprint density at radius 3 is 2.57 bits per heavy atom. The number of amides is 2. The Labute approximate surface area is 174 Å². The first-order valence-electron chi connectivity index (χ1n) is 8.88. The summed E-state index contributed by atoms with van der Waals surface area (Å²) >= 11 is 11.8. The van der Waals surface area contributed by atoms with Crippen molar-refractivity contribution in [1.82, 2.24) is 15.8 Å². The molecule has 1 aromatic heterocycles. The maximum absolute atomic E-state index is 12.7. The predicted molar refractivity (Wildman–Crippen MR) is 110 cm³/mol. The van der Waals surface area contributed by atoms with Crippen molar-refractivity contribution in [3.8, 4) is 11.3 Å². The average molecular weight is 427 g/mol. The molecule has 152 valence electrons. The number of rotatable bonds is 9. The third-order valence-corrected chi connectivity index (χ3v) is 4.57. The number of carbonyl (C=O) groups is 2. The van der Waals surface area contributed by atoms with Crippen molar-refractivity contribution in [2.45, 2.75) is 24.7 Å². The van der Waals surface area contributed by atoms with Gasteiger partial charge in [0.15, 0.2) is 10.6 Å². The number of alkyl halides is 2. The van der Waals surface area contributed by atoms with Gasteiger partial charge in [-0.1, -0.05) is 54.3 Å². The summed E-state index contributed by atoms with van der Waals surface area (Å²) in [6, 6.07) is 8.66. The van der Waals surface area contributed by atoms with Gasteiger partial charge >= 0.3 is 0 Å². The Hall–Kier alpha value is -2.09. The fourth-order valence-corrected chi connectivity index (χ4v) is 2.91. The van der Waals surface area contributed by atoms with Gasteiger partial charge in [0.05, 0.1) is 12.7 Å². The van der Waals surface area contributed by atoms with E-state index in [1.807, 2.05) is 19.9 Å². The van der Waals surface area contributed by atoms with Gasteiger partial charge in [-0.25, -0.2) is 0 Å². The normalized spacial score (nSPS) is 12.2. The van der Waals surface area contributed by atoms with Crippen molar-refractivity contribution in [2.24, 2.45) is 5.92 Å². The van der Waals surface area contributed by atoms with Crippen LogP contribution in [0.2, 0.25) is 0 Å². The number of halogens is 2. The molecule has 1 unspecified atom stereocenters. The summed E-state index contributed by atoms with van der Waals surface area (Å²) in [6.07, 6.45) is 1.55. The molecule has 1 aromatic carbocycles. The van der Waals surface area contributed by atoms with Gasteiger partial charge in [0.1, 0.15) is 0 Å². The van der Waals surface area contributed by atoms with Crippen LogP contribution in [0.4, 0.5) is 5.69 Å². The van der Waals surface area contributed by atoms with E-state index in [-0.39, 0.29) is 31.0 Å².